The molecule has 1 aliphatic carbocycles. The van der Waals surface area contributed by atoms with E-state index in [4.69, 9.17) is 0 Å². The van der Waals surface area contributed by atoms with Crippen LogP contribution >= 0.6 is 0 Å². The van der Waals surface area contributed by atoms with Crippen molar-refractivity contribution in [3.05, 3.63) is 53.6 Å². The second-order valence-electron chi connectivity index (χ2n) is 5.59. The fourth-order valence-electron chi connectivity index (χ4n) is 2.99. The molecule has 118 valence electrons. The number of aliphatic carboxylic acids is 2. The number of hydrogen-bond donors (Lipinski definition) is 1. The molecular weight excluding hydrogens is 340 g/mol. The van der Waals surface area contributed by atoms with E-state index in [-0.39, 0.29) is 72.0 Å². The van der Waals surface area contributed by atoms with Gasteiger partial charge in [-0.2, -0.15) is 0 Å². The molecule has 1 N–H and O–H groups in total. The van der Waals surface area contributed by atoms with Gasteiger partial charge in [-0.15, -0.1) is 0 Å². The summed E-state index contributed by atoms with van der Waals surface area (Å²) < 4.78 is 0. The van der Waals surface area contributed by atoms with Crippen molar-refractivity contribution >= 4 is 17.6 Å². The van der Waals surface area contributed by atoms with Crippen molar-refractivity contribution in [2.75, 3.05) is 5.32 Å². The minimum atomic E-state index is -1.32. The summed E-state index contributed by atoms with van der Waals surface area (Å²) in [4.78, 5) is 21.8. The van der Waals surface area contributed by atoms with Gasteiger partial charge in [0, 0.05) is 18.1 Å². The molecule has 0 spiro atoms. The molecule has 0 unspecified atom stereocenters. The fourth-order valence-corrected chi connectivity index (χ4v) is 2.99. The molecule has 0 fully saturated rings. The van der Waals surface area contributed by atoms with Crippen LogP contribution in [0, 0.1) is 0 Å². The Morgan fingerprint density at radius 1 is 1.00 bits per heavy atom. The smallest absolute Gasteiger partial charge is 0.550 e. The molecule has 0 saturated heterocycles. The quantitative estimate of drug-likeness (QED) is 0.445. The van der Waals surface area contributed by atoms with Crippen molar-refractivity contribution in [1.82, 2.24) is 0 Å². The maximum Gasteiger partial charge on any atom is 1.00 e. The van der Waals surface area contributed by atoms with Crippen LogP contribution in [0.2, 0.25) is 0 Å². The number of anilines is 1. The second-order valence-corrected chi connectivity index (χ2v) is 5.59. The molecule has 2 aromatic rings. The number of fused-ring (bicyclic) bond motifs is 3. The third-order valence-corrected chi connectivity index (χ3v) is 4.10. The molecule has 0 saturated carbocycles. The van der Waals surface area contributed by atoms with E-state index in [0.29, 0.717) is 5.69 Å². The zero-order chi connectivity index (χ0) is 16.4. The van der Waals surface area contributed by atoms with E-state index in [1.54, 1.807) is 6.07 Å². The van der Waals surface area contributed by atoms with E-state index >= 15 is 0 Å². The predicted molar refractivity (Wildman–Crippen MR) is 81.3 cm³/mol. The topological polar surface area (TPSA) is 92.3 Å². The monoisotopic (exact) mass is 355 g/mol. The van der Waals surface area contributed by atoms with Crippen LogP contribution in [0.25, 0.3) is 11.1 Å². The maximum atomic E-state index is 11.2. The van der Waals surface area contributed by atoms with Crippen LogP contribution in [0.1, 0.15) is 24.0 Å². The van der Waals surface area contributed by atoms with Gasteiger partial charge in [-0.3, -0.25) is 0 Å². The zero-order valence-corrected chi connectivity index (χ0v) is 18.4. The van der Waals surface area contributed by atoms with Crippen molar-refractivity contribution in [2.24, 2.45) is 0 Å². The van der Waals surface area contributed by atoms with Gasteiger partial charge in [0.05, 0.1) is 12.0 Å². The third kappa shape index (κ3) is 5.09. The van der Waals surface area contributed by atoms with Crippen molar-refractivity contribution in [2.45, 2.75) is 25.3 Å². The Bertz CT molecular complexity index is 779. The second kappa shape index (κ2) is 9.76. The van der Waals surface area contributed by atoms with Crippen molar-refractivity contribution < 1.29 is 78.9 Å². The number of rotatable bonds is 6. The van der Waals surface area contributed by atoms with Gasteiger partial charge in [-0.05, 0) is 41.2 Å². The van der Waals surface area contributed by atoms with E-state index in [0.717, 1.165) is 23.1 Å². The molecule has 1 atom stereocenters. The van der Waals surface area contributed by atoms with Crippen LogP contribution in [-0.4, -0.2) is 18.0 Å². The minimum absolute atomic E-state index is 0. The number of carbonyl (C=O) groups excluding carboxylic acids is 2. The van der Waals surface area contributed by atoms with Crippen LogP contribution in [-0.2, 0) is 16.0 Å². The van der Waals surface area contributed by atoms with E-state index < -0.39 is 18.0 Å². The largest absolute Gasteiger partial charge is 1.00 e. The molecule has 7 heteroatoms. The molecule has 0 bridgehead atoms. The molecule has 0 amide bonds. The summed E-state index contributed by atoms with van der Waals surface area (Å²) in [5.41, 5.74) is 5.13. The molecule has 0 heterocycles. The number of carboxylic acids is 2. The number of hydrogen-bond acceptors (Lipinski definition) is 5. The van der Waals surface area contributed by atoms with Gasteiger partial charge in [-0.25, -0.2) is 0 Å². The first-order valence-electron chi connectivity index (χ1n) is 7.43. The number of benzene rings is 2. The molecule has 0 aliphatic heterocycles. The van der Waals surface area contributed by atoms with Gasteiger partial charge in [0.1, 0.15) is 0 Å². The van der Waals surface area contributed by atoms with Crippen LogP contribution < -0.4 is 74.6 Å². The number of nitrogens with one attached hydrogen (secondary N) is 1. The summed E-state index contributed by atoms with van der Waals surface area (Å²) in [5.74, 6) is -2.59. The van der Waals surface area contributed by atoms with Gasteiger partial charge in [0.2, 0.25) is 0 Å². The first kappa shape index (κ1) is 22.2. The Hall–Kier alpha value is -0.820. The molecule has 0 radical (unpaired) electrons. The predicted octanol–water partition coefficient (Wildman–Crippen LogP) is -5.67. The summed E-state index contributed by atoms with van der Waals surface area (Å²) >= 11 is 0. The first-order chi connectivity index (χ1) is 11.1. The molecule has 0 aromatic heterocycles. The Morgan fingerprint density at radius 3 is 2.36 bits per heavy atom. The Kier molecular flexibility index (Phi) is 8.68. The van der Waals surface area contributed by atoms with Gasteiger partial charge in [0.25, 0.3) is 0 Å². The van der Waals surface area contributed by atoms with E-state index in [2.05, 4.69) is 5.32 Å². The summed E-state index contributed by atoms with van der Waals surface area (Å²) in [7, 11) is 0. The Labute approximate surface area is 190 Å². The summed E-state index contributed by atoms with van der Waals surface area (Å²) in [5, 5.41) is 24.7. The first-order valence-corrected chi connectivity index (χ1v) is 7.43. The molecule has 2 aromatic carbocycles. The number of carbonyl (C=O) groups is 2. The SMILES string of the molecule is O=C([O-])CC[C@H](Nc1cccc2c1Cc1ccccc1-2)C(=O)[O-].[Na+].[Na+]. The minimum Gasteiger partial charge on any atom is -0.550 e. The average Bonchev–Trinajstić information content (AvgIpc) is 2.90. The van der Waals surface area contributed by atoms with Crippen molar-refractivity contribution in [3.63, 3.8) is 0 Å². The maximum absolute atomic E-state index is 11.2. The summed E-state index contributed by atoms with van der Waals surface area (Å²) in [6.45, 7) is 0. The molecule has 25 heavy (non-hydrogen) atoms. The molecule has 1 aliphatic rings. The van der Waals surface area contributed by atoms with E-state index in [1.807, 2.05) is 36.4 Å². The van der Waals surface area contributed by atoms with Gasteiger partial charge in [0.15, 0.2) is 0 Å². The molecule has 3 rings (SSSR count). The van der Waals surface area contributed by atoms with Gasteiger partial charge >= 0.3 is 59.1 Å². The van der Waals surface area contributed by atoms with E-state index in [9.17, 15) is 19.8 Å². The van der Waals surface area contributed by atoms with Gasteiger partial charge < -0.3 is 25.1 Å². The summed E-state index contributed by atoms with van der Waals surface area (Å²) in [6.07, 6.45) is 0.303. The standard InChI is InChI=1S/C18H17NO4.2Na/c20-17(21)9-8-16(18(22)23)19-15-7-3-6-13-12-5-2-1-4-11(12)10-14(13)15;;/h1-7,16,19H,8-10H2,(H,20,21)(H,22,23);;/q;2*+1/p-2/t16-;;/m0../s1. The number of carboxylic acid groups (broad SMARTS) is 2. The van der Waals surface area contributed by atoms with Crippen molar-refractivity contribution in [3.8, 4) is 11.1 Å². The Balaban J connectivity index is 0.00000156. The Morgan fingerprint density at radius 2 is 1.68 bits per heavy atom. The van der Waals surface area contributed by atoms with Crippen LogP contribution in [0.15, 0.2) is 42.5 Å². The van der Waals surface area contributed by atoms with Crippen molar-refractivity contribution in [1.29, 1.82) is 0 Å². The van der Waals surface area contributed by atoms with Crippen LogP contribution in [0.3, 0.4) is 0 Å². The van der Waals surface area contributed by atoms with Gasteiger partial charge in [-0.1, -0.05) is 36.4 Å². The normalized spacial score (nSPS) is 12.0. The summed E-state index contributed by atoms with van der Waals surface area (Å²) in [6, 6.07) is 12.6. The zero-order valence-electron chi connectivity index (χ0n) is 14.4. The molecule has 5 nitrogen and oxygen atoms in total. The third-order valence-electron chi connectivity index (χ3n) is 4.10. The molecular formula is C18H15NNa2O4. The fraction of sp³-hybridized carbons (Fsp3) is 0.222. The average molecular weight is 355 g/mol. The van der Waals surface area contributed by atoms with E-state index in [1.165, 1.54) is 5.56 Å². The van der Waals surface area contributed by atoms with Crippen LogP contribution in [0.5, 0.6) is 0 Å². The van der Waals surface area contributed by atoms with Crippen LogP contribution in [0.4, 0.5) is 5.69 Å².